The molecule has 0 amide bonds. The molecular weight excluding hydrogens is 160 g/mol. The molecule has 1 fully saturated rings. The first-order valence-electron chi connectivity index (χ1n) is 5.23. The van der Waals surface area contributed by atoms with E-state index >= 15 is 0 Å². The molecule has 2 heteroatoms. The summed E-state index contributed by atoms with van der Waals surface area (Å²) in [4.78, 5) is 0. The van der Waals surface area contributed by atoms with Crippen LogP contribution in [0.25, 0.3) is 0 Å². The maximum Gasteiger partial charge on any atom is 0.0238 e. The summed E-state index contributed by atoms with van der Waals surface area (Å²) in [6.07, 6.45) is 9.89. The molecule has 2 unspecified atom stereocenters. The Morgan fingerprint density at radius 1 is 1.54 bits per heavy atom. The van der Waals surface area contributed by atoms with Crippen molar-refractivity contribution in [2.75, 3.05) is 13.1 Å². The largest absolute Gasteiger partial charge is 0.317 e. The van der Waals surface area contributed by atoms with Crippen LogP contribution in [-0.4, -0.2) is 25.2 Å². The molecule has 13 heavy (non-hydrogen) atoms. The predicted octanol–water partition coefficient (Wildman–Crippen LogP) is 1.13. The van der Waals surface area contributed by atoms with Crippen molar-refractivity contribution in [3.05, 3.63) is 0 Å². The summed E-state index contributed by atoms with van der Waals surface area (Å²) in [5.41, 5.74) is 0. The number of nitrogens with one attached hydrogen (secondary N) is 2. The van der Waals surface area contributed by atoms with Gasteiger partial charge in [-0.05, 0) is 39.3 Å². The molecule has 1 aliphatic heterocycles. The van der Waals surface area contributed by atoms with Gasteiger partial charge >= 0.3 is 0 Å². The van der Waals surface area contributed by atoms with E-state index in [-0.39, 0.29) is 0 Å². The maximum atomic E-state index is 5.26. The first kappa shape index (κ1) is 10.6. The van der Waals surface area contributed by atoms with Crippen LogP contribution in [0.1, 0.15) is 32.6 Å². The Labute approximate surface area is 81.5 Å². The Balaban J connectivity index is 2.22. The molecule has 0 radical (unpaired) electrons. The van der Waals surface area contributed by atoms with E-state index in [4.69, 9.17) is 6.42 Å². The highest BCUT2D eigenvalue weighted by molar-refractivity contribution is 4.89. The van der Waals surface area contributed by atoms with Crippen molar-refractivity contribution in [2.45, 2.75) is 44.7 Å². The first-order chi connectivity index (χ1) is 6.33. The highest BCUT2D eigenvalue weighted by Gasteiger charge is 2.13. The fraction of sp³-hybridized carbons (Fsp3) is 0.818. The molecule has 0 aliphatic carbocycles. The van der Waals surface area contributed by atoms with E-state index in [9.17, 15) is 0 Å². The lowest BCUT2D eigenvalue weighted by atomic mass is 10.1. The molecule has 2 atom stereocenters. The van der Waals surface area contributed by atoms with Gasteiger partial charge in [0.05, 0.1) is 0 Å². The van der Waals surface area contributed by atoms with Gasteiger partial charge in [0.2, 0.25) is 0 Å². The standard InChI is InChI=1S/C11H20N2/c1-3-5-10(2)13-11-6-4-8-12-9-7-11/h1,10-13H,4-9H2,2H3. The summed E-state index contributed by atoms with van der Waals surface area (Å²) < 4.78 is 0. The van der Waals surface area contributed by atoms with Gasteiger partial charge in [-0.25, -0.2) is 0 Å². The number of terminal acetylenes is 1. The topological polar surface area (TPSA) is 24.1 Å². The zero-order chi connectivity index (χ0) is 9.52. The van der Waals surface area contributed by atoms with Gasteiger partial charge in [-0.15, -0.1) is 12.3 Å². The van der Waals surface area contributed by atoms with Crippen LogP contribution in [0.2, 0.25) is 0 Å². The van der Waals surface area contributed by atoms with Crippen molar-refractivity contribution in [3.63, 3.8) is 0 Å². The first-order valence-corrected chi connectivity index (χ1v) is 5.23. The monoisotopic (exact) mass is 180 g/mol. The second-order valence-electron chi connectivity index (χ2n) is 3.85. The summed E-state index contributed by atoms with van der Waals surface area (Å²) in [6.45, 7) is 4.47. The summed E-state index contributed by atoms with van der Waals surface area (Å²) in [6, 6.07) is 1.13. The molecule has 0 bridgehead atoms. The van der Waals surface area contributed by atoms with E-state index in [0.717, 1.165) is 13.0 Å². The summed E-state index contributed by atoms with van der Waals surface area (Å²) in [7, 11) is 0. The molecule has 74 valence electrons. The van der Waals surface area contributed by atoms with Crippen molar-refractivity contribution < 1.29 is 0 Å². The smallest absolute Gasteiger partial charge is 0.0238 e. The number of hydrogen-bond acceptors (Lipinski definition) is 2. The molecular formula is C11H20N2. The summed E-state index contributed by atoms with van der Waals surface area (Å²) >= 11 is 0. The molecule has 1 rings (SSSR count). The number of hydrogen-bond donors (Lipinski definition) is 2. The molecule has 1 saturated heterocycles. The third-order valence-corrected chi connectivity index (χ3v) is 2.52. The number of rotatable bonds is 3. The van der Waals surface area contributed by atoms with Crippen LogP contribution in [0.3, 0.4) is 0 Å². The second kappa shape index (κ2) is 6.01. The van der Waals surface area contributed by atoms with Gasteiger partial charge in [-0.1, -0.05) is 0 Å². The minimum Gasteiger partial charge on any atom is -0.317 e. The highest BCUT2D eigenvalue weighted by Crippen LogP contribution is 2.06. The predicted molar refractivity (Wildman–Crippen MR) is 56.6 cm³/mol. The summed E-state index contributed by atoms with van der Waals surface area (Å²) in [5, 5.41) is 6.98. The molecule has 0 aromatic carbocycles. The van der Waals surface area contributed by atoms with Crippen LogP contribution >= 0.6 is 0 Å². The van der Waals surface area contributed by atoms with Gasteiger partial charge < -0.3 is 10.6 Å². The highest BCUT2D eigenvalue weighted by atomic mass is 15.0. The van der Waals surface area contributed by atoms with Crippen LogP contribution in [0.15, 0.2) is 0 Å². The lowest BCUT2D eigenvalue weighted by Gasteiger charge is -2.20. The van der Waals surface area contributed by atoms with Crippen molar-refractivity contribution in [2.24, 2.45) is 0 Å². The Morgan fingerprint density at radius 2 is 2.38 bits per heavy atom. The van der Waals surface area contributed by atoms with Crippen molar-refractivity contribution >= 4 is 0 Å². The lowest BCUT2D eigenvalue weighted by molar-refractivity contribution is 0.417. The maximum absolute atomic E-state index is 5.26. The fourth-order valence-electron chi connectivity index (χ4n) is 1.82. The van der Waals surface area contributed by atoms with E-state index in [0.29, 0.717) is 12.1 Å². The Kier molecular flexibility index (Phi) is 4.88. The zero-order valence-corrected chi connectivity index (χ0v) is 8.47. The molecule has 0 spiro atoms. The quantitative estimate of drug-likeness (QED) is 0.636. The van der Waals surface area contributed by atoms with E-state index in [2.05, 4.69) is 23.5 Å². The average molecular weight is 180 g/mol. The SMILES string of the molecule is C#CCC(C)NC1CCCNCC1. The summed E-state index contributed by atoms with van der Waals surface area (Å²) in [5.74, 6) is 2.69. The third-order valence-electron chi connectivity index (χ3n) is 2.52. The molecule has 2 N–H and O–H groups in total. The zero-order valence-electron chi connectivity index (χ0n) is 8.47. The second-order valence-corrected chi connectivity index (χ2v) is 3.85. The Hall–Kier alpha value is -0.520. The lowest BCUT2D eigenvalue weighted by Crippen LogP contribution is -2.36. The molecule has 1 heterocycles. The van der Waals surface area contributed by atoms with Crippen LogP contribution in [-0.2, 0) is 0 Å². The Bertz CT molecular complexity index is 163. The van der Waals surface area contributed by atoms with Gasteiger partial charge in [0.15, 0.2) is 0 Å². The molecule has 0 saturated carbocycles. The van der Waals surface area contributed by atoms with Crippen LogP contribution < -0.4 is 10.6 Å². The molecule has 2 nitrogen and oxygen atoms in total. The Morgan fingerprint density at radius 3 is 3.15 bits per heavy atom. The molecule has 1 aliphatic rings. The minimum atomic E-state index is 0.466. The van der Waals surface area contributed by atoms with Crippen LogP contribution in [0, 0.1) is 12.3 Å². The van der Waals surface area contributed by atoms with Gasteiger partial charge in [0.25, 0.3) is 0 Å². The van der Waals surface area contributed by atoms with Gasteiger partial charge in [-0.2, -0.15) is 0 Å². The van der Waals surface area contributed by atoms with Crippen molar-refractivity contribution in [1.82, 2.24) is 10.6 Å². The van der Waals surface area contributed by atoms with Gasteiger partial charge in [0.1, 0.15) is 0 Å². The molecule has 0 aromatic heterocycles. The van der Waals surface area contributed by atoms with E-state index in [1.807, 2.05) is 0 Å². The average Bonchev–Trinajstić information content (AvgIpc) is 2.33. The van der Waals surface area contributed by atoms with Crippen LogP contribution in [0.4, 0.5) is 0 Å². The minimum absolute atomic E-state index is 0.466. The normalized spacial score (nSPS) is 26.0. The third kappa shape index (κ3) is 4.31. The molecule has 0 aromatic rings. The van der Waals surface area contributed by atoms with Gasteiger partial charge in [-0.3, -0.25) is 0 Å². The van der Waals surface area contributed by atoms with Gasteiger partial charge in [0, 0.05) is 18.5 Å². The van der Waals surface area contributed by atoms with E-state index in [1.165, 1.54) is 25.8 Å². The van der Waals surface area contributed by atoms with E-state index in [1.54, 1.807) is 0 Å². The van der Waals surface area contributed by atoms with E-state index < -0.39 is 0 Å². The van der Waals surface area contributed by atoms with Crippen molar-refractivity contribution in [3.8, 4) is 12.3 Å². The van der Waals surface area contributed by atoms with Crippen LogP contribution in [0.5, 0.6) is 0 Å². The fourth-order valence-corrected chi connectivity index (χ4v) is 1.82. The van der Waals surface area contributed by atoms with Crippen molar-refractivity contribution in [1.29, 1.82) is 0 Å².